The van der Waals surface area contributed by atoms with Crippen molar-refractivity contribution in [3.05, 3.63) is 53.1 Å². The van der Waals surface area contributed by atoms with Gasteiger partial charge in [0, 0.05) is 42.0 Å². The van der Waals surface area contributed by atoms with E-state index >= 15 is 0 Å². The summed E-state index contributed by atoms with van der Waals surface area (Å²) in [5.74, 6) is 0.954. The number of nitrogens with zero attached hydrogens (tertiary/aromatic N) is 2. The number of halogens is 1. The molecule has 0 saturated carbocycles. The molecule has 3 rings (SSSR count). The highest BCUT2D eigenvalue weighted by Gasteiger charge is 2.21. The Morgan fingerprint density at radius 2 is 2.37 bits per heavy atom. The summed E-state index contributed by atoms with van der Waals surface area (Å²) < 4.78 is 2.13. The minimum Gasteiger partial charge on any atom is -0.349 e. The van der Waals surface area contributed by atoms with E-state index < -0.39 is 0 Å². The van der Waals surface area contributed by atoms with E-state index in [1.54, 1.807) is 30.5 Å². The van der Waals surface area contributed by atoms with Gasteiger partial charge < -0.3 is 9.88 Å². The predicted molar refractivity (Wildman–Crippen MR) is 73.3 cm³/mol. The Morgan fingerprint density at radius 1 is 1.47 bits per heavy atom. The molecule has 0 radical (unpaired) electrons. The molecular weight excluding hydrogens is 262 g/mol. The second kappa shape index (κ2) is 5.05. The zero-order chi connectivity index (χ0) is 13.2. The zero-order valence-corrected chi connectivity index (χ0v) is 11.1. The van der Waals surface area contributed by atoms with Crippen LogP contribution in [-0.2, 0) is 13.0 Å². The van der Waals surface area contributed by atoms with E-state index in [9.17, 15) is 4.79 Å². The van der Waals surface area contributed by atoms with Crippen LogP contribution in [-0.4, -0.2) is 21.5 Å². The standard InChI is InChI=1S/C14H14ClN3O/c15-11-3-1-2-10(8-11)14(19)17-12-4-6-18-7-5-16-13(18)9-12/h1-3,5,7-8,12H,4,6,9H2,(H,17,19). The third kappa shape index (κ3) is 2.63. The summed E-state index contributed by atoms with van der Waals surface area (Å²) in [5, 5.41) is 3.62. The van der Waals surface area contributed by atoms with Gasteiger partial charge in [0.05, 0.1) is 0 Å². The number of aryl methyl sites for hydroxylation is 1. The normalized spacial score (nSPS) is 17.8. The Hall–Kier alpha value is -1.81. The summed E-state index contributed by atoms with van der Waals surface area (Å²) in [5.41, 5.74) is 0.599. The van der Waals surface area contributed by atoms with Gasteiger partial charge in [-0.3, -0.25) is 4.79 Å². The molecule has 4 nitrogen and oxygen atoms in total. The zero-order valence-electron chi connectivity index (χ0n) is 10.3. The number of imidazole rings is 1. The van der Waals surface area contributed by atoms with Crippen molar-refractivity contribution in [2.45, 2.75) is 25.4 Å². The smallest absolute Gasteiger partial charge is 0.251 e. The van der Waals surface area contributed by atoms with Crippen LogP contribution < -0.4 is 5.32 Å². The van der Waals surface area contributed by atoms with Gasteiger partial charge in [0.15, 0.2) is 0 Å². The van der Waals surface area contributed by atoms with Gasteiger partial charge in [-0.2, -0.15) is 0 Å². The summed E-state index contributed by atoms with van der Waals surface area (Å²) in [7, 11) is 0. The van der Waals surface area contributed by atoms with Crippen LogP contribution in [0, 0.1) is 0 Å². The summed E-state index contributed by atoms with van der Waals surface area (Å²) in [6.45, 7) is 0.899. The van der Waals surface area contributed by atoms with E-state index in [0.29, 0.717) is 10.6 Å². The van der Waals surface area contributed by atoms with Gasteiger partial charge in [-0.1, -0.05) is 17.7 Å². The van der Waals surface area contributed by atoms with E-state index in [1.807, 2.05) is 6.20 Å². The molecule has 2 aromatic rings. The molecule has 0 bridgehead atoms. The maximum Gasteiger partial charge on any atom is 0.251 e. The molecule has 1 atom stereocenters. The SMILES string of the molecule is O=C(NC1CCn2ccnc2C1)c1cccc(Cl)c1. The molecule has 1 amide bonds. The van der Waals surface area contributed by atoms with Crippen LogP contribution in [0.25, 0.3) is 0 Å². The number of aromatic nitrogens is 2. The first-order valence-electron chi connectivity index (χ1n) is 6.29. The van der Waals surface area contributed by atoms with E-state index in [2.05, 4.69) is 14.9 Å². The maximum atomic E-state index is 12.1. The van der Waals surface area contributed by atoms with Gasteiger partial charge in [0.2, 0.25) is 0 Å². The molecule has 1 aliphatic rings. The van der Waals surface area contributed by atoms with Crippen molar-refractivity contribution in [1.82, 2.24) is 14.9 Å². The van der Waals surface area contributed by atoms with Gasteiger partial charge in [-0.05, 0) is 24.6 Å². The number of benzene rings is 1. The van der Waals surface area contributed by atoms with Crippen LogP contribution in [0.2, 0.25) is 5.02 Å². The first-order chi connectivity index (χ1) is 9.22. The average molecular weight is 276 g/mol. The highest BCUT2D eigenvalue weighted by Crippen LogP contribution is 2.15. The van der Waals surface area contributed by atoms with Crippen LogP contribution in [0.15, 0.2) is 36.7 Å². The summed E-state index contributed by atoms with van der Waals surface area (Å²) in [6, 6.07) is 7.13. The highest BCUT2D eigenvalue weighted by atomic mass is 35.5. The maximum absolute atomic E-state index is 12.1. The number of hydrogen-bond donors (Lipinski definition) is 1. The van der Waals surface area contributed by atoms with Gasteiger partial charge in [-0.15, -0.1) is 0 Å². The van der Waals surface area contributed by atoms with Crippen LogP contribution in [0.3, 0.4) is 0 Å². The molecule has 19 heavy (non-hydrogen) atoms. The van der Waals surface area contributed by atoms with Crippen LogP contribution in [0.5, 0.6) is 0 Å². The fraction of sp³-hybridized carbons (Fsp3) is 0.286. The van der Waals surface area contributed by atoms with Crippen molar-refractivity contribution in [3.63, 3.8) is 0 Å². The van der Waals surface area contributed by atoms with Crippen molar-refractivity contribution in [2.24, 2.45) is 0 Å². The third-order valence-electron chi connectivity index (χ3n) is 3.37. The van der Waals surface area contributed by atoms with E-state index in [1.165, 1.54) is 0 Å². The first kappa shape index (κ1) is 12.2. The minimum atomic E-state index is -0.0764. The molecule has 98 valence electrons. The van der Waals surface area contributed by atoms with Crippen LogP contribution in [0.4, 0.5) is 0 Å². The Morgan fingerprint density at radius 3 is 3.21 bits per heavy atom. The lowest BCUT2D eigenvalue weighted by molar-refractivity contribution is 0.0930. The van der Waals surface area contributed by atoms with Crippen molar-refractivity contribution in [1.29, 1.82) is 0 Å². The third-order valence-corrected chi connectivity index (χ3v) is 3.61. The highest BCUT2D eigenvalue weighted by molar-refractivity contribution is 6.30. The Labute approximate surface area is 116 Å². The molecule has 1 aliphatic heterocycles. The summed E-state index contributed by atoms with van der Waals surface area (Å²) >= 11 is 5.89. The molecule has 2 heterocycles. The van der Waals surface area contributed by atoms with Gasteiger partial charge in [0.25, 0.3) is 5.91 Å². The van der Waals surface area contributed by atoms with E-state index in [4.69, 9.17) is 11.6 Å². The quantitative estimate of drug-likeness (QED) is 0.914. The van der Waals surface area contributed by atoms with Crippen LogP contribution >= 0.6 is 11.6 Å². The molecule has 0 fully saturated rings. The topological polar surface area (TPSA) is 46.9 Å². The molecule has 0 aliphatic carbocycles. The lowest BCUT2D eigenvalue weighted by Gasteiger charge is -2.24. The molecule has 1 N–H and O–H groups in total. The fourth-order valence-corrected chi connectivity index (χ4v) is 2.56. The lowest BCUT2D eigenvalue weighted by atomic mass is 10.1. The second-order valence-corrected chi connectivity index (χ2v) is 5.15. The number of amides is 1. The first-order valence-corrected chi connectivity index (χ1v) is 6.66. The van der Waals surface area contributed by atoms with E-state index in [0.717, 1.165) is 25.2 Å². The van der Waals surface area contributed by atoms with Gasteiger partial charge >= 0.3 is 0 Å². The monoisotopic (exact) mass is 275 g/mol. The Kier molecular flexibility index (Phi) is 3.25. The number of nitrogens with one attached hydrogen (secondary N) is 1. The van der Waals surface area contributed by atoms with E-state index in [-0.39, 0.29) is 11.9 Å². The number of fused-ring (bicyclic) bond motifs is 1. The fourth-order valence-electron chi connectivity index (χ4n) is 2.37. The number of carbonyl (C=O) groups is 1. The minimum absolute atomic E-state index is 0.0764. The van der Waals surface area contributed by atoms with Crippen molar-refractivity contribution in [3.8, 4) is 0 Å². The molecule has 5 heteroatoms. The van der Waals surface area contributed by atoms with Gasteiger partial charge in [0.1, 0.15) is 5.82 Å². The Balaban J connectivity index is 1.68. The number of hydrogen-bond acceptors (Lipinski definition) is 2. The molecule has 1 unspecified atom stereocenters. The average Bonchev–Trinajstić information content (AvgIpc) is 2.86. The summed E-state index contributed by atoms with van der Waals surface area (Å²) in [6.07, 6.45) is 5.48. The van der Waals surface area contributed by atoms with Gasteiger partial charge in [-0.25, -0.2) is 4.98 Å². The molecule has 0 saturated heterocycles. The largest absolute Gasteiger partial charge is 0.349 e. The molecule has 1 aromatic carbocycles. The molecular formula is C14H14ClN3O. The van der Waals surface area contributed by atoms with Crippen molar-refractivity contribution >= 4 is 17.5 Å². The van der Waals surface area contributed by atoms with Crippen LogP contribution in [0.1, 0.15) is 22.6 Å². The Bertz CT molecular complexity index is 608. The predicted octanol–water partition coefficient (Wildman–Crippen LogP) is 2.28. The van der Waals surface area contributed by atoms with Crippen molar-refractivity contribution < 1.29 is 4.79 Å². The lowest BCUT2D eigenvalue weighted by Crippen LogP contribution is -2.40. The molecule has 0 spiro atoms. The number of carbonyl (C=O) groups excluding carboxylic acids is 1. The van der Waals surface area contributed by atoms with Crippen molar-refractivity contribution in [2.75, 3.05) is 0 Å². The second-order valence-electron chi connectivity index (χ2n) is 4.71. The molecule has 1 aromatic heterocycles. The summed E-state index contributed by atoms with van der Waals surface area (Å²) in [4.78, 5) is 16.4. The number of rotatable bonds is 2.